The van der Waals surface area contributed by atoms with Gasteiger partial charge in [-0.15, -0.1) is 0 Å². The monoisotopic (exact) mass is 611 g/mol. The predicted molar refractivity (Wildman–Crippen MR) is 171 cm³/mol. The van der Waals surface area contributed by atoms with Crippen molar-refractivity contribution in [1.29, 1.82) is 0 Å². The average molecular weight is 612 g/mol. The first-order chi connectivity index (χ1) is 21.2. The van der Waals surface area contributed by atoms with Gasteiger partial charge in [0.05, 0.1) is 23.7 Å². The van der Waals surface area contributed by atoms with E-state index in [1.165, 1.54) is 9.21 Å². The Hall–Kier alpha value is -4.47. The molecular formula is C35H37N3O5S. The van der Waals surface area contributed by atoms with E-state index in [0.29, 0.717) is 36.4 Å². The van der Waals surface area contributed by atoms with Gasteiger partial charge in [-0.05, 0) is 67.1 Å². The van der Waals surface area contributed by atoms with Crippen LogP contribution in [0.1, 0.15) is 22.3 Å². The molecule has 44 heavy (non-hydrogen) atoms. The quantitative estimate of drug-likeness (QED) is 0.266. The number of carbonyl (C=O) groups excluding carboxylic acids is 2. The molecule has 0 unspecified atom stereocenters. The summed E-state index contributed by atoms with van der Waals surface area (Å²) in [4.78, 5) is 28.8. The van der Waals surface area contributed by atoms with Crippen molar-refractivity contribution in [3.63, 3.8) is 0 Å². The number of nitrogens with one attached hydrogen (secondary N) is 1. The van der Waals surface area contributed by atoms with Gasteiger partial charge in [0.15, 0.2) is 6.10 Å². The SMILES string of the molecule is Cc1ccc(C)c(S(=O)(=O)N(CCc2ccccc2)CC(=O)N2C[C@H](C(=O)NCCc3ccccc3)Oc3ccccc32)c1. The normalized spacial score (nSPS) is 14.5. The highest BCUT2D eigenvalue weighted by molar-refractivity contribution is 7.89. The number of hydrogen-bond donors (Lipinski definition) is 1. The van der Waals surface area contributed by atoms with Crippen molar-refractivity contribution in [3.8, 4) is 5.75 Å². The van der Waals surface area contributed by atoms with Gasteiger partial charge in [0.1, 0.15) is 5.75 Å². The third kappa shape index (κ3) is 7.35. The maximum atomic E-state index is 14.1. The number of benzene rings is 4. The Morgan fingerprint density at radius 3 is 2.20 bits per heavy atom. The number of fused-ring (bicyclic) bond motifs is 1. The second kappa shape index (κ2) is 13.9. The number of aryl methyl sites for hydroxylation is 2. The zero-order chi connectivity index (χ0) is 31.1. The Morgan fingerprint density at radius 2 is 1.50 bits per heavy atom. The van der Waals surface area contributed by atoms with Crippen LogP contribution in [0, 0.1) is 13.8 Å². The van der Waals surface area contributed by atoms with Crippen molar-refractivity contribution in [2.75, 3.05) is 31.1 Å². The van der Waals surface area contributed by atoms with Crippen molar-refractivity contribution < 1.29 is 22.7 Å². The number of sulfonamides is 1. The number of carbonyl (C=O) groups is 2. The summed E-state index contributed by atoms with van der Waals surface area (Å²) in [6, 6.07) is 31.7. The summed E-state index contributed by atoms with van der Waals surface area (Å²) in [6.07, 6.45) is 0.146. The maximum absolute atomic E-state index is 14.1. The second-order valence-corrected chi connectivity index (χ2v) is 12.9. The van der Waals surface area contributed by atoms with Crippen LogP contribution < -0.4 is 15.0 Å². The molecule has 5 rings (SSSR count). The number of nitrogens with zero attached hydrogens (tertiary/aromatic N) is 2. The third-order valence-corrected chi connectivity index (χ3v) is 9.68. The van der Waals surface area contributed by atoms with Gasteiger partial charge >= 0.3 is 0 Å². The standard InChI is InChI=1S/C35H37N3O5S/c1-26-17-18-27(2)33(23-26)44(41,42)37(22-20-29-13-7-4-8-14-29)25-34(39)38-24-32(43-31-16-10-9-15-30(31)38)35(40)36-21-19-28-11-5-3-6-12-28/h3-18,23,32H,19-22,24-25H2,1-2H3,(H,36,40)/t32-/m1/s1. The summed E-state index contributed by atoms with van der Waals surface area (Å²) in [6.45, 7) is 3.69. The summed E-state index contributed by atoms with van der Waals surface area (Å²) in [5.41, 5.74) is 3.98. The van der Waals surface area contributed by atoms with Crippen LogP contribution in [0.2, 0.25) is 0 Å². The summed E-state index contributed by atoms with van der Waals surface area (Å²) >= 11 is 0. The van der Waals surface area contributed by atoms with Crippen LogP contribution in [-0.4, -0.2) is 56.8 Å². The number of ether oxygens (including phenoxy) is 1. The molecule has 1 N–H and O–H groups in total. The van der Waals surface area contributed by atoms with Crippen molar-refractivity contribution in [1.82, 2.24) is 9.62 Å². The predicted octanol–water partition coefficient (Wildman–Crippen LogP) is 4.69. The Bertz CT molecular complexity index is 1710. The number of hydrogen-bond acceptors (Lipinski definition) is 5. The Morgan fingerprint density at radius 1 is 0.864 bits per heavy atom. The molecule has 0 saturated heterocycles. The molecule has 8 nitrogen and oxygen atoms in total. The molecule has 0 fully saturated rings. The second-order valence-electron chi connectivity index (χ2n) is 10.9. The number of para-hydroxylation sites is 2. The fourth-order valence-corrected chi connectivity index (χ4v) is 6.94. The van der Waals surface area contributed by atoms with Crippen molar-refractivity contribution >= 4 is 27.5 Å². The van der Waals surface area contributed by atoms with Gasteiger partial charge in [-0.3, -0.25) is 9.59 Å². The van der Waals surface area contributed by atoms with Crippen molar-refractivity contribution in [2.45, 2.75) is 37.7 Å². The molecule has 0 radical (unpaired) electrons. The minimum atomic E-state index is -4.03. The molecule has 1 aliphatic rings. The minimum Gasteiger partial charge on any atom is -0.477 e. The molecule has 228 valence electrons. The van der Waals surface area contributed by atoms with Crippen LogP contribution in [0.5, 0.6) is 5.75 Å². The molecule has 2 amide bonds. The minimum absolute atomic E-state index is 0.0386. The molecular weight excluding hydrogens is 574 g/mol. The van der Waals surface area contributed by atoms with E-state index in [1.807, 2.05) is 73.7 Å². The molecule has 4 aromatic rings. The maximum Gasteiger partial charge on any atom is 0.262 e. The summed E-state index contributed by atoms with van der Waals surface area (Å²) < 4.78 is 35.4. The summed E-state index contributed by atoms with van der Waals surface area (Å²) in [5.74, 6) is -0.384. The number of anilines is 1. The fraction of sp³-hybridized carbons (Fsp3) is 0.257. The molecule has 1 atom stereocenters. The molecule has 0 bridgehead atoms. The van der Waals surface area contributed by atoms with Crippen molar-refractivity contribution in [3.05, 3.63) is 125 Å². The van der Waals surface area contributed by atoms with E-state index in [2.05, 4.69) is 5.32 Å². The van der Waals surface area contributed by atoms with Crippen LogP contribution in [0.4, 0.5) is 5.69 Å². The van der Waals surface area contributed by atoms with E-state index in [0.717, 1.165) is 16.7 Å². The molecule has 0 aliphatic carbocycles. The lowest BCUT2D eigenvalue weighted by Gasteiger charge is -2.35. The topological polar surface area (TPSA) is 96.0 Å². The molecule has 0 spiro atoms. The van der Waals surface area contributed by atoms with Gasteiger partial charge in [0.2, 0.25) is 15.9 Å². The molecule has 0 saturated carbocycles. The zero-order valence-electron chi connectivity index (χ0n) is 25.0. The lowest BCUT2D eigenvalue weighted by molar-refractivity contribution is -0.128. The largest absolute Gasteiger partial charge is 0.477 e. The van der Waals surface area contributed by atoms with Gasteiger partial charge in [-0.25, -0.2) is 8.42 Å². The first-order valence-corrected chi connectivity index (χ1v) is 16.2. The third-order valence-electron chi connectivity index (χ3n) is 7.69. The Balaban J connectivity index is 1.37. The van der Waals surface area contributed by atoms with Gasteiger partial charge in [-0.2, -0.15) is 4.31 Å². The van der Waals surface area contributed by atoms with Gasteiger partial charge < -0.3 is 15.0 Å². The lowest BCUT2D eigenvalue weighted by atomic mass is 10.1. The lowest BCUT2D eigenvalue weighted by Crippen LogP contribution is -2.53. The average Bonchev–Trinajstić information content (AvgIpc) is 3.04. The van der Waals surface area contributed by atoms with Crippen LogP contribution in [-0.2, 0) is 32.5 Å². The van der Waals surface area contributed by atoms with E-state index in [1.54, 1.807) is 43.3 Å². The number of amides is 2. The molecule has 9 heteroatoms. The van der Waals surface area contributed by atoms with E-state index < -0.39 is 22.0 Å². The summed E-state index contributed by atoms with van der Waals surface area (Å²) in [5, 5.41) is 2.92. The number of rotatable bonds is 11. The van der Waals surface area contributed by atoms with Crippen LogP contribution in [0.3, 0.4) is 0 Å². The first-order valence-electron chi connectivity index (χ1n) is 14.7. The molecule has 1 heterocycles. The highest BCUT2D eigenvalue weighted by Gasteiger charge is 2.36. The van der Waals surface area contributed by atoms with E-state index >= 15 is 0 Å². The molecule has 4 aromatic carbocycles. The van der Waals surface area contributed by atoms with Gasteiger partial charge in [-0.1, -0.05) is 84.9 Å². The van der Waals surface area contributed by atoms with E-state index in [9.17, 15) is 18.0 Å². The smallest absolute Gasteiger partial charge is 0.262 e. The van der Waals surface area contributed by atoms with E-state index in [4.69, 9.17) is 4.74 Å². The van der Waals surface area contributed by atoms with E-state index in [-0.39, 0.29) is 30.4 Å². The van der Waals surface area contributed by atoms with Gasteiger partial charge in [0.25, 0.3) is 5.91 Å². The van der Waals surface area contributed by atoms with Crippen LogP contribution >= 0.6 is 0 Å². The Kier molecular flexibility index (Phi) is 9.77. The molecule has 0 aromatic heterocycles. The first kappa shape index (κ1) is 31.0. The van der Waals surface area contributed by atoms with Crippen LogP contribution in [0.25, 0.3) is 0 Å². The highest BCUT2D eigenvalue weighted by atomic mass is 32.2. The molecule has 1 aliphatic heterocycles. The zero-order valence-corrected chi connectivity index (χ0v) is 25.8. The highest BCUT2D eigenvalue weighted by Crippen LogP contribution is 2.33. The van der Waals surface area contributed by atoms with Crippen molar-refractivity contribution in [2.24, 2.45) is 0 Å². The summed E-state index contributed by atoms with van der Waals surface area (Å²) in [7, 11) is -4.03. The fourth-order valence-electron chi connectivity index (χ4n) is 5.24. The van der Waals surface area contributed by atoms with Gasteiger partial charge in [0, 0.05) is 13.1 Å². The Labute approximate surface area is 259 Å². The van der Waals surface area contributed by atoms with Crippen LogP contribution in [0.15, 0.2) is 108 Å².